The molecule has 0 saturated heterocycles. The number of carbonyl (C=O) groups excluding carboxylic acids is 2. The first-order valence-corrected chi connectivity index (χ1v) is 3.83. The largest absolute Gasteiger partial charge is 0.370 e. The Morgan fingerprint density at radius 1 is 1.46 bits per heavy atom. The van der Waals surface area contributed by atoms with Crippen molar-refractivity contribution in [2.45, 2.75) is 25.6 Å². The minimum atomic E-state index is -0.771. The molecule has 76 valence electrons. The van der Waals surface area contributed by atoms with E-state index in [0.717, 1.165) is 0 Å². The van der Waals surface area contributed by atoms with Crippen molar-refractivity contribution in [3.63, 3.8) is 0 Å². The fraction of sp³-hybridized carbons (Fsp3) is 0.714. The van der Waals surface area contributed by atoms with E-state index >= 15 is 0 Å². The number of amides is 2. The highest BCUT2D eigenvalue weighted by Gasteiger charge is 2.19. The molecule has 0 aliphatic carbocycles. The predicted octanol–water partition coefficient (Wildman–Crippen LogP) is -1.70. The molecule has 0 rings (SSSR count). The Bertz CT molecular complexity index is 195. The van der Waals surface area contributed by atoms with Gasteiger partial charge in [0, 0.05) is 7.11 Å². The van der Waals surface area contributed by atoms with E-state index in [1.807, 2.05) is 0 Å². The Labute approximate surface area is 76.6 Å². The molecule has 0 aromatic heterocycles. The van der Waals surface area contributed by atoms with Gasteiger partial charge in [-0.2, -0.15) is 0 Å². The summed E-state index contributed by atoms with van der Waals surface area (Å²) in [5.41, 5.74) is 9.94. The first-order valence-electron chi connectivity index (χ1n) is 3.83. The van der Waals surface area contributed by atoms with Crippen LogP contribution in [0.1, 0.15) is 13.3 Å². The fourth-order valence-electron chi connectivity index (χ4n) is 0.794. The van der Waals surface area contributed by atoms with Gasteiger partial charge in [0.25, 0.3) is 0 Å². The average Bonchev–Trinajstić information content (AvgIpc) is 2.02. The van der Waals surface area contributed by atoms with Gasteiger partial charge in [0.1, 0.15) is 6.23 Å². The van der Waals surface area contributed by atoms with Gasteiger partial charge in [0.15, 0.2) is 0 Å². The van der Waals surface area contributed by atoms with Crippen LogP contribution in [0, 0.1) is 0 Å². The Kier molecular flexibility index (Phi) is 5.01. The number of primary amides is 2. The fourth-order valence-corrected chi connectivity index (χ4v) is 0.794. The molecule has 0 aromatic rings. The number of hydrogen-bond donors (Lipinski definition) is 3. The van der Waals surface area contributed by atoms with Crippen LogP contribution in [0.15, 0.2) is 0 Å². The van der Waals surface area contributed by atoms with Gasteiger partial charge in [0.05, 0.1) is 12.5 Å². The van der Waals surface area contributed by atoms with Crippen LogP contribution in [0.2, 0.25) is 0 Å². The third-order valence-corrected chi connectivity index (χ3v) is 1.54. The van der Waals surface area contributed by atoms with Gasteiger partial charge < -0.3 is 16.2 Å². The van der Waals surface area contributed by atoms with E-state index in [4.69, 9.17) is 16.2 Å². The topological polar surface area (TPSA) is 107 Å². The third kappa shape index (κ3) is 5.15. The molecule has 0 bridgehead atoms. The lowest BCUT2D eigenvalue weighted by Gasteiger charge is -2.18. The van der Waals surface area contributed by atoms with Crippen LogP contribution in [-0.4, -0.2) is 31.2 Å². The normalized spacial score (nSPS) is 14.9. The molecule has 6 nitrogen and oxygen atoms in total. The maximum atomic E-state index is 10.8. The van der Waals surface area contributed by atoms with Crippen LogP contribution in [0.4, 0.5) is 0 Å². The van der Waals surface area contributed by atoms with Crippen molar-refractivity contribution in [3.05, 3.63) is 0 Å². The van der Waals surface area contributed by atoms with Crippen molar-refractivity contribution in [3.8, 4) is 0 Å². The Balaban J connectivity index is 4.10. The molecule has 0 saturated carbocycles. The Hall–Kier alpha value is -1.14. The Morgan fingerprint density at radius 3 is 2.31 bits per heavy atom. The van der Waals surface area contributed by atoms with E-state index in [1.54, 1.807) is 6.92 Å². The van der Waals surface area contributed by atoms with E-state index in [0.29, 0.717) is 0 Å². The van der Waals surface area contributed by atoms with E-state index in [-0.39, 0.29) is 12.6 Å². The number of nitrogens with two attached hydrogens (primary N) is 2. The van der Waals surface area contributed by atoms with Gasteiger partial charge in [-0.15, -0.1) is 0 Å². The van der Waals surface area contributed by atoms with Gasteiger partial charge in [-0.25, -0.2) is 0 Å². The minimum Gasteiger partial charge on any atom is -0.370 e. The zero-order valence-electron chi connectivity index (χ0n) is 7.74. The maximum absolute atomic E-state index is 10.8. The lowest BCUT2D eigenvalue weighted by molar-refractivity contribution is -0.126. The van der Waals surface area contributed by atoms with Crippen molar-refractivity contribution >= 4 is 11.8 Å². The molecule has 6 heteroatoms. The van der Waals surface area contributed by atoms with Gasteiger partial charge in [0.2, 0.25) is 11.8 Å². The summed E-state index contributed by atoms with van der Waals surface area (Å²) >= 11 is 0. The van der Waals surface area contributed by atoms with Crippen LogP contribution in [0.5, 0.6) is 0 Å². The molecule has 0 spiro atoms. The van der Waals surface area contributed by atoms with Gasteiger partial charge in [-0.1, -0.05) is 0 Å². The summed E-state index contributed by atoms with van der Waals surface area (Å²) in [6, 6.07) is -0.771. The number of ether oxygens (including phenoxy) is 1. The van der Waals surface area contributed by atoms with Crippen molar-refractivity contribution in [1.82, 2.24) is 5.32 Å². The zero-order chi connectivity index (χ0) is 10.4. The Morgan fingerprint density at radius 2 is 2.00 bits per heavy atom. The highest BCUT2D eigenvalue weighted by molar-refractivity contribution is 5.86. The van der Waals surface area contributed by atoms with Crippen molar-refractivity contribution in [2.75, 3.05) is 7.11 Å². The molecule has 0 aliphatic rings. The lowest BCUT2D eigenvalue weighted by Crippen LogP contribution is -2.48. The molecule has 2 amide bonds. The standard InChI is InChI=1S/C7H15N3O3/c1-4(13-2)10-5(7(9)12)3-6(8)11/h4-5,10H,3H2,1-2H3,(H2,8,11)(H2,9,12). The summed E-state index contributed by atoms with van der Waals surface area (Å²) in [5.74, 6) is -1.21. The zero-order valence-corrected chi connectivity index (χ0v) is 7.74. The van der Waals surface area contributed by atoms with E-state index in [1.165, 1.54) is 7.11 Å². The van der Waals surface area contributed by atoms with E-state index in [9.17, 15) is 9.59 Å². The second kappa shape index (κ2) is 5.50. The first kappa shape index (κ1) is 11.9. The SMILES string of the molecule is COC(C)NC(CC(N)=O)C(N)=O. The average molecular weight is 189 g/mol. The summed E-state index contributed by atoms with van der Waals surface area (Å²) in [5, 5.41) is 2.70. The molecule has 2 atom stereocenters. The summed E-state index contributed by atoms with van der Waals surface area (Å²) in [7, 11) is 1.47. The quantitative estimate of drug-likeness (QED) is 0.433. The van der Waals surface area contributed by atoms with Gasteiger partial charge >= 0.3 is 0 Å². The maximum Gasteiger partial charge on any atom is 0.235 e. The van der Waals surface area contributed by atoms with E-state index in [2.05, 4.69) is 5.32 Å². The number of nitrogens with one attached hydrogen (secondary N) is 1. The molecule has 5 N–H and O–H groups in total. The summed E-state index contributed by atoms with van der Waals surface area (Å²) in [6.07, 6.45) is -0.472. The van der Waals surface area contributed by atoms with Crippen molar-refractivity contribution in [1.29, 1.82) is 0 Å². The molecular weight excluding hydrogens is 174 g/mol. The molecule has 0 fully saturated rings. The summed E-state index contributed by atoms with van der Waals surface area (Å²) in [6.45, 7) is 1.69. The molecule has 0 heterocycles. The van der Waals surface area contributed by atoms with Gasteiger partial charge in [-0.05, 0) is 6.92 Å². The van der Waals surface area contributed by atoms with Crippen LogP contribution < -0.4 is 16.8 Å². The number of hydrogen-bond acceptors (Lipinski definition) is 4. The number of rotatable bonds is 6. The van der Waals surface area contributed by atoms with Crippen LogP contribution >= 0.6 is 0 Å². The third-order valence-electron chi connectivity index (χ3n) is 1.54. The predicted molar refractivity (Wildman–Crippen MR) is 46.4 cm³/mol. The highest BCUT2D eigenvalue weighted by atomic mass is 16.5. The monoisotopic (exact) mass is 189 g/mol. The molecule has 13 heavy (non-hydrogen) atoms. The second-order valence-electron chi connectivity index (χ2n) is 2.67. The lowest BCUT2D eigenvalue weighted by atomic mass is 10.2. The molecular formula is C7H15N3O3. The van der Waals surface area contributed by atoms with Crippen molar-refractivity contribution in [2.24, 2.45) is 11.5 Å². The van der Waals surface area contributed by atoms with Crippen LogP contribution in [0.25, 0.3) is 0 Å². The molecule has 0 aliphatic heterocycles. The number of methoxy groups -OCH3 is 1. The first-order chi connectivity index (χ1) is 5.97. The van der Waals surface area contributed by atoms with Crippen molar-refractivity contribution < 1.29 is 14.3 Å². The summed E-state index contributed by atoms with van der Waals surface area (Å²) in [4.78, 5) is 21.3. The molecule has 2 unspecified atom stereocenters. The van der Waals surface area contributed by atoms with Crippen LogP contribution in [-0.2, 0) is 14.3 Å². The summed E-state index contributed by atoms with van der Waals surface area (Å²) < 4.78 is 4.84. The van der Waals surface area contributed by atoms with Gasteiger partial charge in [-0.3, -0.25) is 14.9 Å². The molecule has 0 radical (unpaired) electrons. The number of carbonyl (C=O) groups is 2. The van der Waals surface area contributed by atoms with E-state index < -0.39 is 17.9 Å². The second-order valence-corrected chi connectivity index (χ2v) is 2.67. The molecule has 0 aromatic carbocycles. The highest BCUT2D eigenvalue weighted by Crippen LogP contribution is 1.93. The smallest absolute Gasteiger partial charge is 0.235 e. The minimum absolute atomic E-state index is 0.122. The van der Waals surface area contributed by atoms with Crippen LogP contribution in [0.3, 0.4) is 0 Å².